The van der Waals surface area contributed by atoms with Crippen LogP contribution < -0.4 is 5.73 Å². The molecule has 1 aromatic heterocycles. The zero-order valence-electron chi connectivity index (χ0n) is 13.5. The second-order valence-electron chi connectivity index (χ2n) is 6.56. The lowest BCUT2D eigenvalue weighted by atomic mass is 10.0. The Labute approximate surface area is 135 Å². The lowest BCUT2D eigenvalue weighted by Gasteiger charge is -2.19. The van der Waals surface area contributed by atoms with Crippen LogP contribution in [0.2, 0.25) is 0 Å². The van der Waals surface area contributed by atoms with Gasteiger partial charge >= 0.3 is 6.09 Å². The first-order valence-corrected chi connectivity index (χ1v) is 7.54. The smallest absolute Gasteiger partial charge is 0.418 e. The SMILES string of the molecule is CC(C)(C)OC(=O)n1ccc2cc(-c3ccc(N)cc3)ccc21. The topological polar surface area (TPSA) is 57.2 Å². The van der Waals surface area contributed by atoms with Gasteiger partial charge in [0.15, 0.2) is 0 Å². The first kappa shape index (κ1) is 15.2. The van der Waals surface area contributed by atoms with E-state index in [0.717, 1.165) is 27.7 Å². The number of aromatic nitrogens is 1. The number of fused-ring (bicyclic) bond motifs is 1. The van der Waals surface area contributed by atoms with E-state index in [1.807, 2.05) is 63.2 Å². The van der Waals surface area contributed by atoms with Crippen LogP contribution in [0, 0.1) is 0 Å². The molecule has 0 saturated carbocycles. The lowest BCUT2D eigenvalue weighted by Crippen LogP contribution is -2.26. The number of rotatable bonds is 1. The van der Waals surface area contributed by atoms with Gasteiger partial charge in [-0.3, -0.25) is 4.57 Å². The second-order valence-corrected chi connectivity index (χ2v) is 6.56. The molecule has 118 valence electrons. The summed E-state index contributed by atoms with van der Waals surface area (Å²) in [5.41, 5.74) is 8.96. The molecule has 3 rings (SSSR count). The number of nitrogens with two attached hydrogens (primary N) is 1. The van der Waals surface area contributed by atoms with Gasteiger partial charge in [-0.25, -0.2) is 4.79 Å². The van der Waals surface area contributed by atoms with Crippen LogP contribution in [-0.2, 0) is 4.74 Å². The number of hydrogen-bond donors (Lipinski definition) is 1. The summed E-state index contributed by atoms with van der Waals surface area (Å²) in [6.07, 6.45) is 1.37. The Morgan fingerprint density at radius 3 is 2.30 bits per heavy atom. The summed E-state index contributed by atoms with van der Waals surface area (Å²) < 4.78 is 6.96. The predicted molar refractivity (Wildman–Crippen MR) is 93.4 cm³/mol. The molecule has 2 N–H and O–H groups in total. The third kappa shape index (κ3) is 3.21. The van der Waals surface area contributed by atoms with Crippen LogP contribution in [0.3, 0.4) is 0 Å². The van der Waals surface area contributed by atoms with E-state index in [0.29, 0.717) is 0 Å². The van der Waals surface area contributed by atoms with Crippen molar-refractivity contribution >= 4 is 22.7 Å². The van der Waals surface area contributed by atoms with E-state index >= 15 is 0 Å². The fourth-order valence-corrected chi connectivity index (χ4v) is 2.47. The Hall–Kier alpha value is -2.75. The first-order valence-electron chi connectivity index (χ1n) is 7.54. The number of hydrogen-bond acceptors (Lipinski definition) is 3. The van der Waals surface area contributed by atoms with Gasteiger partial charge in [0, 0.05) is 17.3 Å². The van der Waals surface area contributed by atoms with Crippen LogP contribution in [0.25, 0.3) is 22.0 Å². The summed E-state index contributed by atoms with van der Waals surface area (Å²) in [4.78, 5) is 12.3. The molecule has 0 fully saturated rings. The van der Waals surface area contributed by atoms with Crippen molar-refractivity contribution < 1.29 is 9.53 Å². The van der Waals surface area contributed by atoms with Gasteiger partial charge in [0.1, 0.15) is 5.60 Å². The van der Waals surface area contributed by atoms with Crippen molar-refractivity contribution in [1.29, 1.82) is 0 Å². The standard InChI is InChI=1S/C19H20N2O2/c1-19(2,3)23-18(22)21-11-10-15-12-14(6-9-17(15)21)13-4-7-16(20)8-5-13/h4-12H,20H2,1-3H3. The van der Waals surface area contributed by atoms with Gasteiger partial charge in [-0.05, 0) is 62.2 Å². The monoisotopic (exact) mass is 308 g/mol. The van der Waals surface area contributed by atoms with Crippen LogP contribution in [-0.4, -0.2) is 16.3 Å². The highest BCUT2D eigenvalue weighted by molar-refractivity contribution is 5.92. The molecule has 0 aliphatic rings. The molecular weight excluding hydrogens is 288 g/mol. The summed E-state index contributed by atoms with van der Waals surface area (Å²) in [6, 6.07) is 15.6. The van der Waals surface area contributed by atoms with Crippen LogP contribution in [0.1, 0.15) is 20.8 Å². The molecule has 0 aliphatic carbocycles. The number of nitrogen functional groups attached to an aromatic ring is 1. The van der Waals surface area contributed by atoms with Gasteiger partial charge in [-0.2, -0.15) is 0 Å². The van der Waals surface area contributed by atoms with Gasteiger partial charge in [0.05, 0.1) is 5.52 Å². The molecule has 0 aliphatic heterocycles. The number of ether oxygens (including phenoxy) is 1. The van der Waals surface area contributed by atoms with Crippen molar-refractivity contribution in [3.63, 3.8) is 0 Å². The zero-order chi connectivity index (χ0) is 16.6. The molecule has 2 aromatic carbocycles. The number of benzene rings is 2. The molecule has 4 nitrogen and oxygen atoms in total. The minimum atomic E-state index is -0.516. The van der Waals surface area contributed by atoms with Crippen molar-refractivity contribution in [2.45, 2.75) is 26.4 Å². The normalized spacial score (nSPS) is 11.6. The number of carbonyl (C=O) groups excluding carboxylic acids is 1. The summed E-state index contributed by atoms with van der Waals surface area (Å²) >= 11 is 0. The predicted octanol–water partition coefficient (Wildman–Crippen LogP) is 4.67. The molecule has 0 amide bonds. The average molecular weight is 308 g/mol. The minimum Gasteiger partial charge on any atom is -0.443 e. The molecule has 23 heavy (non-hydrogen) atoms. The molecular formula is C19H20N2O2. The Balaban J connectivity index is 1.97. The van der Waals surface area contributed by atoms with E-state index in [1.54, 1.807) is 6.20 Å². The maximum atomic E-state index is 12.3. The van der Waals surface area contributed by atoms with Gasteiger partial charge in [-0.1, -0.05) is 18.2 Å². The third-order valence-corrected chi connectivity index (χ3v) is 3.52. The van der Waals surface area contributed by atoms with Crippen LogP contribution >= 0.6 is 0 Å². The minimum absolute atomic E-state index is 0.368. The molecule has 3 aromatic rings. The van der Waals surface area contributed by atoms with Crippen molar-refractivity contribution in [3.05, 3.63) is 54.7 Å². The fraction of sp³-hybridized carbons (Fsp3) is 0.211. The summed E-state index contributed by atoms with van der Waals surface area (Å²) in [5.74, 6) is 0. The van der Waals surface area contributed by atoms with Crippen molar-refractivity contribution in [1.82, 2.24) is 4.57 Å². The van der Waals surface area contributed by atoms with Gasteiger partial charge in [0.2, 0.25) is 0 Å². The molecule has 1 heterocycles. The van der Waals surface area contributed by atoms with Gasteiger partial charge in [-0.15, -0.1) is 0 Å². The Morgan fingerprint density at radius 2 is 1.65 bits per heavy atom. The molecule has 4 heteroatoms. The maximum absolute atomic E-state index is 12.3. The maximum Gasteiger partial charge on any atom is 0.418 e. The molecule has 0 atom stereocenters. The van der Waals surface area contributed by atoms with E-state index in [4.69, 9.17) is 10.5 Å². The van der Waals surface area contributed by atoms with Gasteiger partial charge in [0.25, 0.3) is 0 Å². The highest BCUT2D eigenvalue weighted by atomic mass is 16.6. The zero-order valence-corrected chi connectivity index (χ0v) is 13.5. The molecule has 0 unspecified atom stereocenters. The van der Waals surface area contributed by atoms with Crippen LogP contribution in [0.15, 0.2) is 54.7 Å². The van der Waals surface area contributed by atoms with Gasteiger partial charge < -0.3 is 10.5 Å². The quantitative estimate of drug-likeness (QED) is 0.664. The highest BCUT2D eigenvalue weighted by Crippen LogP contribution is 2.26. The van der Waals surface area contributed by atoms with E-state index in [1.165, 1.54) is 4.57 Å². The van der Waals surface area contributed by atoms with Crippen molar-refractivity contribution in [2.24, 2.45) is 0 Å². The Morgan fingerprint density at radius 1 is 1.00 bits per heavy atom. The van der Waals surface area contributed by atoms with Crippen LogP contribution in [0.5, 0.6) is 0 Å². The summed E-state index contributed by atoms with van der Waals surface area (Å²) in [5, 5.41) is 0.991. The van der Waals surface area contributed by atoms with E-state index in [-0.39, 0.29) is 6.09 Å². The fourth-order valence-electron chi connectivity index (χ4n) is 2.47. The summed E-state index contributed by atoms with van der Waals surface area (Å²) in [7, 11) is 0. The van der Waals surface area contributed by atoms with E-state index in [2.05, 4.69) is 6.07 Å². The molecule has 0 saturated heterocycles. The molecule has 0 bridgehead atoms. The Bertz CT molecular complexity index is 855. The van der Waals surface area contributed by atoms with E-state index in [9.17, 15) is 4.79 Å². The Kier molecular flexibility index (Phi) is 3.60. The number of nitrogens with zero attached hydrogens (tertiary/aromatic N) is 1. The number of anilines is 1. The van der Waals surface area contributed by atoms with Crippen molar-refractivity contribution in [2.75, 3.05) is 5.73 Å². The lowest BCUT2D eigenvalue weighted by molar-refractivity contribution is 0.0544. The number of carbonyl (C=O) groups is 1. The highest BCUT2D eigenvalue weighted by Gasteiger charge is 2.19. The molecule has 0 spiro atoms. The largest absolute Gasteiger partial charge is 0.443 e. The molecule has 0 radical (unpaired) electrons. The second kappa shape index (κ2) is 5.47. The van der Waals surface area contributed by atoms with Crippen molar-refractivity contribution in [3.8, 4) is 11.1 Å². The summed E-state index contributed by atoms with van der Waals surface area (Å²) in [6.45, 7) is 5.57. The third-order valence-electron chi connectivity index (χ3n) is 3.52. The van der Waals surface area contributed by atoms with Crippen LogP contribution in [0.4, 0.5) is 10.5 Å². The van der Waals surface area contributed by atoms with E-state index < -0.39 is 5.60 Å². The average Bonchev–Trinajstić information content (AvgIpc) is 2.89. The first-order chi connectivity index (χ1) is 10.8.